The van der Waals surface area contributed by atoms with Gasteiger partial charge < -0.3 is 5.32 Å². The third kappa shape index (κ3) is 2.20. The van der Waals surface area contributed by atoms with Crippen molar-refractivity contribution >= 4 is 23.2 Å². The molecule has 1 aromatic carbocycles. The van der Waals surface area contributed by atoms with Crippen molar-refractivity contribution in [3.63, 3.8) is 0 Å². The first-order valence-electron chi connectivity index (χ1n) is 4.60. The Bertz CT molecular complexity index is 510. The van der Waals surface area contributed by atoms with Gasteiger partial charge in [0.2, 0.25) is 0 Å². The normalized spacial score (nSPS) is 10.1. The summed E-state index contributed by atoms with van der Waals surface area (Å²) in [7, 11) is 0. The number of nitrogens with one attached hydrogen (secondary N) is 2. The molecule has 0 aliphatic carbocycles. The molecule has 1 amide bonds. The monoisotopic (exact) mass is 236 g/mol. The summed E-state index contributed by atoms with van der Waals surface area (Å²) in [5.41, 5.74) is 1.84. The van der Waals surface area contributed by atoms with Crippen LogP contribution in [0.1, 0.15) is 16.1 Å². The second kappa shape index (κ2) is 4.32. The first-order chi connectivity index (χ1) is 7.66. The van der Waals surface area contributed by atoms with E-state index in [1.54, 1.807) is 18.2 Å². The van der Waals surface area contributed by atoms with Crippen molar-refractivity contribution in [2.24, 2.45) is 0 Å². The molecular formula is C10H9ClN4O. The van der Waals surface area contributed by atoms with Crippen LogP contribution in [0.2, 0.25) is 5.02 Å². The van der Waals surface area contributed by atoms with Crippen LogP contribution in [-0.4, -0.2) is 21.3 Å². The molecule has 0 fully saturated rings. The standard InChI is InChI=1S/C10H9ClN4O/c1-6-4-7(11)2-3-8(6)13-10(16)9-5-12-15-14-9/h2-5H,1H3,(H,13,16)(H,12,14,15). The van der Waals surface area contributed by atoms with E-state index >= 15 is 0 Å². The zero-order valence-corrected chi connectivity index (χ0v) is 9.25. The maximum Gasteiger partial charge on any atom is 0.277 e. The molecule has 82 valence electrons. The SMILES string of the molecule is Cc1cc(Cl)ccc1NC(=O)c1cn[nH]n1. The van der Waals surface area contributed by atoms with Gasteiger partial charge in [-0.15, -0.1) is 0 Å². The molecule has 0 aliphatic heterocycles. The minimum atomic E-state index is -0.306. The van der Waals surface area contributed by atoms with Crippen molar-refractivity contribution < 1.29 is 4.79 Å². The lowest BCUT2D eigenvalue weighted by atomic mass is 10.2. The van der Waals surface area contributed by atoms with Gasteiger partial charge in [-0.3, -0.25) is 4.79 Å². The number of carbonyl (C=O) groups is 1. The second-order valence-corrected chi connectivity index (χ2v) is 3.71. The lowest BCUT2D eigenvalue weighted by Gasteiger charge is -2.06. The molecule has 0 unspecified atom stereocenters. The number of rotatable bonds is 2. The summed E-state index contributed by atoms with van der Waals surface area (Å²) in [5.74, 6) is -0.306. The van der Waals surface area contributed by atoms with Gasteiger partial charge in [0.1, 0.15) is 0 Å². The van der Waals surface area contributed by atoms with Gasteiger partial charge in [0.05, 0.1) is 6.20 Å². The number of hydrogen-bond acceptors (Lipinski definition) is 3. The zero-order chi connectivity index (χ0) is 11.5. The molecular weight excluding hydrogens is 228 g/mol. The fourth-order valence-electron chi connectivity index (χ4n) is 1.26. The van der Waals surface area contributed by atoms with Gasteiger partial charge in [-0.25, -0.2) is 0 Å². The summed E-state index contributed by atoms with van der Waals surface area (Å²) in [5, 5.41) is 13.0. The average Bonchev–Trinajstić information content (AvgIpc) is 2.75. The van der Waals surface area contributed by atoms with Crippen molar-refractivity contribution in [2.75, 3.05) is 5.32 Å². The summed E-state index contributed by atoms with van der Waals surface area (Å²) < 4.78 is 0. The highest BCUT2D eigenvalue weighted by molar-refractivity contribution is 6.30. The Morgan fingerprint density at radius 1 is 1.50 bits per heavy atom. The number of aromatic amines is 1. The molecule has 0 atom stereocenters. The Hall–Kier alpha value is -1.88. The second-order valence-electron chi connectivity index (χ2n) is 3.27. The van der Waals surface area contributed by atoms with Gasteiger partial charge in [-0.1, -0.05) is 11.6 Å². The number of amides is 1. The van der Waals surface area contributed by atoms with Gasteiger partial charge in [0.25, 0.3) is 5.91 Å². The molecule has 1 aromatic heterocycles. The molecule has 0 aliphatic rings. The maximum absolute atomic E-state index is 11.6. The third-order valence-electron chi connectivity index (χ3n) is 2.08. The average molecular weight is 237 g/mol. The molecule has 2 rings (SSSR count). The third-order valence-corrected chi connectivity index (χ3v) is 2.32. The largest absolute Gasteiger partial charge is 0.320 e. The topological polar surface area (TPSA) is 70.7 Å². The quantitative estimate of drug-likeness (QED) is 0.838. The van der Waals surface area contributed by atoms with Crippen molar-refractivity contribution in [1.29, 1.82) is 0 Å². The van der Waals surface area contributed by atoms with Crippen LogP contribution in [-0.2, 0) is 0 Å². The number of halogens is 1. The minimum absolute atomic E-state index is 0.245. The molecule has 2 aromatic rings. The van der Waals surface area contributed by atoms with E-state index in [4.69, 9.17) is 11.6 Å². The molecule has 1 heterocycles. The zero-order valence-electron chi connectivity index (χ0n) is 8.49. The first kappa shape index (κ1) is 10.6. The molecule has 0 saturated carbocycles. The summed E-state index contributed by atoms with van der Waals surface area (Å²) in [6, 6.07) is 5.24. The Morgan fingerprint density at radius 3 is 2.94 bits per heavy atom. The molecule has 6 heteroatoms. The highest BCUT2D eigenvalue weighted by atomic mass is 35.5. The molecule has 0 spiro atoms. The molecule has 0 radical (unpaired) electrons. The van der Waals surface area contributed by atoms with E-state index in [9.17, 15) is 4.79 Å². The van der Waals surface area contributed by atoms with E-state index in [2.05, 4.69) is 20.7 Å². The van der Waals surface area contributed by atoms with Crippen LogP contribution in [0.25, 0.3) is 0 Å². The van der Waals surface area contributed by atoms with Crippen molar-refractivity contribution in [3.05, 3.63) is 40.7 Å². The van der Waals surface area contributed by atoms with Crippen molar-refractivity contribution in [3.8, 4) is 0 Å². The van der Waals surface area contributed by atoms with Gasteiger partial charge in [0, 0.05) is 10.7 Å². The Labute approximate surface area is 96.8 Å². The molecule has 0 bridgehead atoms. The highest BCUT2D eigenvalue weighted by Gasteiger charge is 2.09. The number of nitrogens with zero attached hydrogens (tertiary/aromatic N) is 2. The number of aromatic nitrogens is 3. The number of carbonyl (C=O) groups excluding carboxylic acids is 1. The van der Waals surface area contributed by atoms with E-state index in [1.807, 2.05) is 6.92 Å². The Kier molecular flexibility index (Phi) is 2.87. The van der Waals surface area contributed by atoms with Crippen molar-refractivity contribution in [1.82, 2.24) is 15.4 Å². The van der Waals surface area contributed by atoms with Gasteiger partial charge in [-0.2, -0.15) is 15.4 Å². The Morgan fingerprint density at radius 2 is 2.31 bits per heavy atom. The summed E-state index contributed by atoms with van der Waals surface area (Å²) >= 11 is 5.81. The van der Waals surface area contributed by atoms with Gasteiger partial charge >= 0.3 is 0 Å². The van der Waals surface area contributed by atoms with Crippen LogP contribution in [0.5, 0.6) is 0 Å². The molecule has 5 nitrogen and oxygen atoms in total. The number of H-pyrrole nitrogens is 1. The fraction of sp³-hybridized carbons (Fsp3) is 0.100. The van der Waals surface area contributed by atoms with E-state index in [-0.39, 0.29) is 11.6 Å². The number of benzene rings is 1. The van der Waals surface area contributed by atoms with Crippen molar-refractivity contribution in [2.45, 2.75) is 6.92 Å². The predicted molar refractivity (Wildman–Crippen MR) is 60.5 cm³/mol. The Balaban J connectivity index is 2.18. The van der Waals surface area contributed by atoms with E-state index in [0.717, 1.165) is 5.56 Å². The fourth-order valence-corrected chi connectivity index (χ4v) is 1.49. The predicted octanol–water partition coefficient (Wildman–Crippen LogP) is 2.02. The van der Waals surface area contributed by atoms with Crippen LogP contribution in [0, 0.1) is 6.92 Å². The van der Waals surface area contributed by atoms with E-state index in [0.29, 0.717) is 10.7 Å². The minimum Gasteiger partial charge on any atom is -0.320 e. The van der Waals surface area contributed by atoms with Crippen LogP contribution >= 0.6 is 11.6 Å². The number of aryl methyl sites for hydroxylation is 1. The summed E-state index contributed by atoms with van der Waals surface area (Å²) in [6.07, 6.45) is 1.36. The van der Waals surface area contributed by atoms with Crippen LogP contribution < -0.4 is 5.32 Å². The lowest BCUT2D eigenvalue weighted by Crippen LogP contribution is -2.13. The molecule has 0 saturated heterocycles. The van der Waals surface area contributed by atoms with E-state index in [1.165, 1.54) is 6.20 Å². The van der Waals surface area contributed by atoms with Crippen LogP contribution in [0.3, 0.4) is 0 Å². The number of anilines is 1. The molecule has 16 heavy (non-hydrogen) atoms. The smallest absolute Gasteiger partial charge is 0.277 e. The van der Waals surface area contributed by atoms with Gasteiger partial charge in [0.15, 0.2) is 5.69 Å². The van der Waals surface area contributed by atoms with Gasteiger partial charge in [-0.05, 0) is 30.7 Å². The van der Waals surface area contributed by atoms with E-state index < -0.39 is 0 Å². The lowest BCUT2D eigenvalue weighted by molar-refractivity contribution is 0.102. The van der Waals surface area contributed by atoms with Crippen LogP contribution in [0.15, 0.2) is 24.4 Å². The highest BCUT2D eigenvalue weighted by Crippen LogP contribution is 2.19. The summed E-state index contributed by atoms with van der Waals surface area (Å²) in [4.78, 5) is 11.6. The number of hydrogen-bond donors (Lipinski definition) is 2. The maximum atomic E-state index is 11.6. The summed E-state index contributed by atoms with van der Waals surface area (Å²) in [6.45, 7) is 1.87. The molecule has 2 N–H and O–H groups in total. The van der Waals surface area contributed by atoms with Crippen LogP contribution in [0.4, 0.5) is 5.69 Å². The first-order valence-corrected chi connectivity index (χ1v) is 4.98.